The highest BCUT2D eigenvalue weighted by atomic mass is 16.5. The van der Waals surface area contributed by atoms with Crippen molar-refractivity contribution in [1.82, 2.24) is 14.9 Å². The van der Waals surface area contributed by atoms with E-state index in [1.165, 1.54) is 18.5 Å². The summed E-state index contributed by atoms with van der Waals surface area (Å²) in [5.74, 6) is 0.571. The van der Waals surface area contributed by atoms with Gasteiger partial charge < -0.3 is 19.4 Å². The fraction of sp³-hybridized carbons (Fsp3) is 0.769. The summed E-state index contributed by atoms with van der Waals surface area (Å²) in [4.78, 5) is 4.28. The summed E-state index contributed by atoms with van der Waals surface area (Å²) < 4.78 is 12.8. The molecule has 1 aromatic heterocycles. The summed E-state index contributed by atoms with van der Waals surface area (Å²) in [6.45, 7) is 3.59. The molecule has 1 aliphatic rings. The van der Waals surface area contributed by atoms with Gasteiger partial charge in [0.2, 0.25) is 0 Å². The van der Waals surface area contributed by atoms with Crippen molar-refractivity contribution < 1.29 is 9.47 Å². The van der Waals surface area contributed by atoms with Crippen LogP contribution in [-0.2, 0) is 16.0 Å². The summed E-state index contributed by atoms with van der Waals surface area (Å²) in [7, 11) is 3.42. The van der Waals surface area contributed by atoms with Gasteiger partial charge in [0, 0.05) is 38.6 Å². The SMILES string of the molecule is COCC(Cn1cncc1C1CCCNC1)OC. The highest BCUT2D eigenvalue weighted by Gasteiger charge is 2.20. The van der Waals surface area contributed by atoms with E-state index in [-0.39, 0.29) is 6.10 Å². The van der Waals surface area contributed by atoms with Crippen molar-refractivity contribution in [2.45, 2.75) is 31.4 Å². The second-order valence-electron chi connectivity index (χ2n) is 4.83. The first-order valence-electron chi connectivity index (χ1n) is 6.57. The molecule has 18 heavy (non-hydrogen) atoms. The Morgan fingerprint density at radius 2 is 2.44 bits per heavy atom. The number of aromatic nitrogens is 2. The number of piperidine rings is 1. The van der Waals surface area contributed by atoms with Gasteiger partial charge in [-0.3, -0.25) is 0 Å². The largest absolute Gasteiger partial charge is 0.382 e. The fourth-order valence-electron chi connectivity index (χ4n) is 2.53. The Morgan fingerprint density at radius 1 is 1.56 bits per heavy atom. The van der Waals surface area contributed by atoms with Crippen molar-refractivity contribution in [2.75, 3.05) is 33.9 Å². The summed E-state index contributed by atoms with van der Waals surface area (Å²) >= 11 is 0. The van der Waals surface area contributed by atoms with E-state index >= 15 is 0 Å². The molecule has 0 aromatic carbocycles. The van der Waals surface area contributed by atoms with Crippen LogP contribution in [-0.4, -0.2) is 49.6 Å². The Labute approximate surface area is 108 Å². The second kappa shape index (κ2) is 6.87. The Bertz CT molecular complexity index is 348. The first-order chi connectivity index (χ1) is 8.85. The average Bonchev–Trinajstić information content (AvgIpc) is 2.87. The molecule has 1 fully saturated rings. The smallest absolute Gasteiger partial charge is 0.0983 e. The molecule has 0 bridgehead atoms. The Hall–Kier alpha value is -0.910. The zero-order chi connectivity index (χ0) is 12.8. The molecule has 0 saturated carbocycles. The van der Waals surface area contributed by atoms with E-state index in [1.54, 1.807) is 14.2 Å². The molecule has 0 amide bonds. The lowest BCUT2D eigenvalue weighted by Crippen LogP contribution is -2.31. The van der Waals surface area contributed by atoms with Crippen LogP contribution in [0.4, 0.5) is 0 Å². The van der Waals surface area contributed by atoms with Crippen LogP contribution in [0.3, 0.4) is 0 Å². The van der Waals surface area contributed by atoms with Crippen LogP contribution in [0.25, 0.3) is 0 Å². The highest BCUT2D eigenvalue weighted by Crippen LogP contribution is 2.23. The fourth-order valence-corrected chi connectivity index (χ4v) is 2.53. The highest BCUT2D eigenvalue weighted by molar-refractivity contribution is 5.08. The molecular weight excluding hydrogens is 230 g/mol. The number of methoxy groups -OCH3 is 2. The second-order valence-corrected chi connectivity index (χ2v) is 4.83. The maximum absolute atomic E-state index is 5.42. The lowest BCUT2D eigenvalue weighted by Gasteiger charge is -2.25. The van der Waals surface area contributed by atoms with E-state index < -0.39 is 0 Å². The molecule has 2 atom stereocenters. The predicted molar refractivity (Wildman–Crippen MR) is 69.7 cm³/mol. The molecule has 5 nitrogen and oxygen atoms in total. The molecule has 1 saturated heterocycles. The van der Waals surface area contributed by atoms with E-state index in [9.17, 15) is 0 Å². The molecule has 5 heteroatoms. The third-order valence-corrected chi connectivity index (χ3v) is 3.55. The number of hydrogen-bond acceptors (Lipinski definition) is 4. The molecule has 2 rings (SSSR count). The van der Waals surface area contributed by atoms with Gasteiger partial charge in [0.05, 0.1) is 25.6 Å². The number of imidazole rings is 1. The van der Waals surface area contributed by atoms with Crippen LogP contribution in [0, 0.1) is 0 Å². The Kier molecular flexibility index (Phi) is 5.16. The van der Waals surface area contributed by atoms with E-state index in [2.05, 4.69) is 14.9 Å². The lowest BCUT2D eigenvalue weighted by atomic mass is 9.96. The summed E-state index contributed by atoms with van der Waals surface area (Å²) in [5, 5.41) is 3.45. The Balaban J connectivity index is 2.01. The van der Waals surface area contributed by atoms with Gasteiger partial charge >= 0.3 is 0 Å². The van der Waals surface area contributed by atoms with Gasteiger partial charge in [0.15, 0.2) is 0 Å². The zero-order valence-electron chi connectivity index (χ0n) is 11.3. The normalized spacial score (nSPS) is 22.0. The summed E-state index contributed by atoms with van der Waals surface area (Å²) in [5.41, 5.74) is 1.31. The first-order valence-corrected chi connectivity index (χ1v) is 6.57. The van der Waals surface area contributed by atoms with Gasteiger partial charge in [-0.05, 0) is 19.4 Å². The maximum atomic E-state index is 5.42. The van der Waals surface area contributed by atoms with Crippen molar-refractivity contribution in [3.8, 4) is 0 Å². The van der Waals surface area contributed by atoms with E-state index in [4.69, 9.17) is 9.47 Å². The molecule has 1 aromatic rings. The van der Waals surface area contributed by atoms with Gasteiger partial charge in [-0.25, -0.2) is 4.98 Å². The van der Waals surface area contributed by atoms with Crippen LogP contribution < -0.4 is 5.32 Å². The quantitative estimate of drug-likeness (QED) is 0.822. The molecule has 2 unspecified atom stereocenters. The molecule has 0 radical (unpaired) electrons. The standard InChI is InChI=1S/C13H23N3O2/c1-17-9-12(18-2)8-16-10-15-7-13(16)11-4-3-5-14-6-11/h7,10-12,14H,3-6,8-9H2,1-2H3. The van der Waals surface area contributed by atoms with Gasteiger partial charge in [-0.1, -0.05) is 0 Å². The van der Waals surface area contributed by atoms with E-state index in [0.717, 1.165) is 19.6 Å². The van der Waals surface area contributed by atoms with Gasteiger partial charge in [-0.2, -0.15) is 0 Å². The van der Waals surface area contributed by atoms with Crippen molar-refractivity contribution in [3.05, 3.63) is 18.2 Å². The molecular formula is C13H23N3O2. The Morgan fingerprint density at radius 3 is 3.11 bits per heavy atom. The van der Waals surface area contributed by atoms with Gasteiger partial charge in [0.25, 0.3) is 0 Å². The van der Waals surface area contributed by atoms with Crippen LogP contribution in [0.15, 0.2) is 12.5 Å². The van der Waals surface area contributed by atoms with Crippen LogP contribution in [0.2, 0.25) is 0 Å². The minimum atomic E-state index is 0.0829. The molecule has 0 aliphatic carbocycles. The van der Waals surface area contributed by atoms with Crippen LogP contribution in [0.5, 0.6) is 0 Å². The first kappa shape index (κ1) is 13.5. The predicted octanol–water partition coefficient (Wildman–Crippen LogP) is 1.01. The zero-order valence-corrected chi connectivity index (χ0v) is 11.3. The summed E-state index contributed by atoms with van der Waals surface area (Å²) in [6, 6.07) is 0. The monoisotopic (exact) mass is 253 g/mol. The maximum Gasteiger partial charge on any atom is 0.0983 e. The van der Waals surface area contributed by atoms with Crippen molar-refractivity contribution in [1.29, 1.82) is 0 Å². The molecule has 1 aliphatic heterocycles. The number of ether oxygens (including phenoxy) is 2. The van der Waals surface area contributed by atoms with Crippen molar-refractivity contribution in [3.63, 3.8) is 0 Å². The van der Waals surface area contributed by atoms with Crippen molar-refractivity contribution >= 4 is 0 Å². The number of nitrogens with one attached hydrogen (secondary N) is 1. The summed E-state index contributed by atoms with van der Waals surface area (Å²) in [6.07, 6.45) is 6.44. The minimum absolute atomic E-state index is 0.0829. The number of hydrogen-bond donors (Lipinski definition) is 1. The third-order valence-electron chi connectivity index (χ3n) is 3.55. The molecule has 0 spiro atoms. The van der Waals surface area contributed by atoms with Crippen LogP contribution >= 0.6 is 0 Å². The topological polar surface area (TPSA) is 48.3 Å². The lowest BCUT2D eigenvalue weighted by molar-refractivity contribution is 0.0177. The van der Waals surface area contributed by atoms with E-state index in [1.807, 2.05) is 12.5 Å². The van der Waals surface area contributed by atoms with Gasteiger partial charge in [-0.15, -0.1) is 0 Å². The number of rotatable bonds is 6. The molecule has 2 heterocycles. The van der Waals surface area contributed by atoms with E-state index in [0.29, 0.717) is 12.5 Å². The van der Waals surface area contributed by atoms with Crippen molar-refractivity contribution in [2.24, 2.45) is 0 Å². The average molecular weight is 253 g/mol. The third kappa shape index (κ3) is 3.31. The van der Waals surface area contributed by atoms with Gasteiger partial charge in [0.1, 0.15) is 0 Å². The molecule has 1 N–H and O–H groups in total. The number of nitrogens with zero attached hydrogens (tertiary/aromatic N) is 2. The molecule has 102 valence electrons. The van der Waals surface area contributed by atoms with Crippen LogP contribution in [0.1, 0.15) is 24.5 Å². The minimum Gasteiger partial charge on any atom is -0.382 e.